The lowest BCUT2D eigenvalue weighted by Crippen LogP contribution is -2.23. The van der Waals surface area contributed by atoms with Crippen molar-refractivity contribution in [1.29, 1.82) is 0 Å². The van der Waals surface area contributed by atoms with Crippen molar-refractivity contribution >= 4 is 5.69 Å². The molecule has 0 fully saturated rings. The van der Waals surface area contributed by atoms with Crippen LogP contribution >= 0.6 is 0 Å². The molecule has 1 atom stereocenters. The van der Waals surface area contributed by atoms with Crippen LogP contribution in [0.1, 0.15) is 45.1 Å². The first kappa shape index (κ1) is 15.0. The van der Waals surface area contributed by atoms with Gasteiger partial charge in [0, 0.05) is 5.69 Å². The normalized spacial score (nSPS) is 13.2. The summed E-state index contributed by atoms with van der Waals surface area (Å²) < 4.78 is 0. The van der Waals surface area contributed by atoms with E-state index in [0.29, 0.717) is 5.92 Å². The van der Waals surface area contributed by atoms with E-state index in [-0.39, 0.29) is 0 Å². The highest BCUT2D eigenvalue weighted by Gasteiger charge is 2.07. The number of nitrogen functional groups attached to an aromatic ring is 1. The Labute approximate surface area is 112 Å². The molecule has 2 heteroatoms. The zero-order valence-electron chi connectivity index (χ0n) is 12.3. The summed E-state index contributed by atoms with van der Waals surface area (Å²) in [6, 6.07) is 8.28. The van der Waals surface area contributed by atoms with Gasteiger partial charge in [0.1, 0.15) is 0 Å². The van der Waals surface area contributed by atoms with E-state index in [1.807, 2.05) is 12.1 Å². The van der Waals surface area contributed by atoms with Crippen LogP contribution in [0, 0.1) is 5.92 Å². The van der Waals surface area contributed by atoms with Gasteiger partial charge >= 0.3 is 0 Å². The van der Waals surface area contributed by atoms with Gasteiger partial charge in [-0.05, 0) is 62.5 Å². The van der Waals surface area contributed by atoms with Gasteiger partial charge in [0.05, 0.1) is 0 Å². The number of anilines is 1. The molecule has 0 saturated heterocycles. The predicted octanol–water partition coefficient (Wildman–Crippen LogP) is 3.74. The summed E-state index contributed by atoms with van der Waals surface area (Å²) in [5.74, 6) is 1.40. The zero-order valence-corrected chi connectivity index (χ0v) is 12.3. The maximum atomic E-state index is 5.71. The first-order chi connectivity index (χ1) is 8.49. The highest BCUT2D eigenvalue weighted by molar-refractivity contribution is 5.40. The van der Waals surface area contributed by atoms with Crippen molar-refractivity contribution in [2.45, 2.75) is 39.5 Å². The highest BCUT2D eigenvalue weighted by atomic mass is 15.1. The van der Waals surface area contributed by atoms with E-state index < -0.39 is 0 Å². The lowest BCUT2D eigenvalue weighted by molar-refractivity contribution is 0.300. The lowest BCUT2D eigenvalue weighted by atomic mass is 9.97. The molecule has 0 aliphatic rings. The van der Waals surface area contributed by atoms with Crippen LogP contribution in [0.5, 0.6) is 0 Å². The van der Waals surface area contributed by atoms with Crippen molar-refractivity contribution in [3.63, 3.8) is 0 Å². The number of hydrogen-bond donors (Lipinski definition) is 1. The molecule has 1 rings (SSSR count). The lowest BCUT2D eigenvalue weighted by Gasteiger charge is -2.20. The molecular formula is C16H28N2. The monoisotopic (exact) mass is 248 g/mol. The van der Waals surface area contributed by atoms with Crippen molar-refractivity contribution in [3.05, 3.63) is 29.8 Å². The fraction of sp³-hybridized carbons (Fsp3) is 0.625. The Morgan fingerprint density at radius 1 is 1.00 bits per heavy atom. The average molecular weight is 248 g/mol. The molecule has 102 valence electrons. The fourth-order valence-electron chi connectivity index (χ4n) is 2.00. The van der Waals surface area contributed by atoms with E-state index in [1.165, 1.54) is 24.9 Å². The van der Waals surface area contributed by atoms with Crippen molar-refractivity contribution in [2.24, 2.45) is 5.92 Å². The standard InChI is InChI=1S/C16H28N2/c1-13(2)9-11-18(4)12-10-14(3)15-5-7-16(17)8-6-15/h5-8,13-14H,9-12,17H2,1-4H3. The molecule has 0 bridgehead atoms. The number of nitrogens with two attached hydrogens (primary N) is 1. The predicted molar refractivity (Wildman–Crippen MR) is 80.8 cm³/mol. The number of benzene rings is 1. The molecule has 1 unspecified atom stereocenters. The van der Waals surface area contributed by atoms with E-state index in [9.17, 15) is 0 Å². The Balaban J connectivity index is 2.32. The Morgan fingerprint density at radius 3 is 2.11 bits per heavy atom. The van der Waals surface area contributed by atoms with Crippen LogP contribution in [0.4, 0.5) is 5.69 Å². The minimum Gasteiger partial charge on any atom is -0.399 e. The molecule has 0 heterocycles. The summed E-state index contributed by atoms with van der Waals surface area (Å²) in [6.07, 6.45) is 2.49. The summed E-state index contributed by atoms with van der Waals surface area (Å²) in [5.41, 5.74) is 7.95. The zero-order chi connectivity index (χ0) is 13.5. The second-order valence-corrected chi connectivity index (χ2v) is 5.84. The smallest absolute Gasteiger partial charge is 0.0314 e. The minimum absolute atomic E-state index is 0.604. The highest BCUT2D eigenvalue weighted by Crippen LogP contribution is 2.20. The Morgan fingerprint density at radius 2 is 1.56 bits per heavy atom. The van der Waals surface area contributed by atoms with Gasteiger partial charge in [-0.15, -0.1) is 0 Å². The third-order valence-electron chi connectivity index (χ3n) is 3.54. The van der Waals surface area contributed by atoms with Crippen LogP contribution in [0.2, 0.25) is 0 Å². The fourth-order valence-corrected chi connectivity index (χ4v) is 2.00. The van der Waals surface area contributed by atoms with Crippen molar-refractivity contribution in [1.82, 2.24) is 4.90 Å². The van der Waals surface area contributed by atoms with Crippen molar-refractivity contribution < 1.29 is 0 Å². The second-order valence-electron chi connectivity index (χ2n) is 5.84. The average Bonchev–Trinajstić information content (AvgIpc) is 2.34. The van der Waals surface area contributed by atoms with E-state index in [0.717, 1.165) is 18.2 Å². The first-order valence-electron chi connectivity index (χ1n) is 7.03. The second kappa shape index (κ2) is 7.42. The molecular weight excluding hydrogens is 220 g/mol. The molecule has 0 spiro atoms. The molecule has 2 nitrogen and oxygen atoms in total. The van der Waals surface area contributed by atoms with Crippen LogP contribution in [-0.2, 0) is 0 Å². The maximum Gasteiger partial charge on any atom is 0.0314 e. The number of hydrogen-bond acceptors (Lipinski definition) is 2. The Bertz CT molecular complexity index is 329. The van der Waals surface area contributed by atoms with E-state index >= 15 is 0 Å². The van der Waals surface area contributed by atoms with Crippen LogP contribution in [0.3, 0.4) is 0 Å². The van der Waals surface area contributed by atoms with Gasteiger partial charge in [-0.25, -0.2) is 0 Å². The van der Waals surface area contributed by atoms with Crippen LogP contribution in [0.15, 0.2) is 24.3 Å². The molecule has 0 aliphatic heterocycles. The molecule has 0 amide bonds. The third kappa shape index (κ3) is 5.54. The topological polar surface area (TPSA) is 29.3 Å². The molecule has 2 N–H and O–H groups in total. The number of rotatable bonds is 7. The minimum atomic E-state index is 0.604. The van der Waals surface area contributed by atoms with Crippen LogP contribution in [0.25, 0.3) is 0 Å². The van der Waals surface area contributed by atoms with Crippen LogP contribution in [-0.4, -0.2) is 25.0 Å². The van der Waals surface area contributed by atoms with Gasteiger partial charge in [0.15, 0.2) is 0 Å². The summed E-state index contributed by atoms with van der Waals surface area (Å²) in [5, 5.41) is 0. The summed E-state index contributed by atoms with van der Waals surface area (Å²) >= 11 is 0. The SMILES string of the molecule is CC(C)CCN(C)CCC(C)c1ccc(N)cc1. The molecule has 18 heavy (non-hydrogen) atoms. The molecule has 0 aromatic heterocycles. The van der Waals surface area contributed by atoms with E-state index in [1.54, 1.807) is 0 Å². The molecule has 0 aliphatic carbocycles. The summed E-state index contributed by atoms with van der Waals surface area (Å²) in [4.78, 5) is 2.44. The van der Waals surface area contributed by atoms with E-state index in [4.69, 9.17) is 5.73 Å². The summed E-state index contributed by atoms with van der Waals surface area (Å²) in [7, 11) is 2.22. The quantitative estimate of drug-likeness (QED) is 0.745. The largest absolute Gasteiger partial charge is 0.399 e. The Kier molecular flexibility index (Phi) is 6.20. The van der Waals surface area contributed by atoms with Gasteiger partial charge < -0.3 is 10.6 Å². The van der Waals surface area contributed by atoms with Gasteiger partial charge in [0.2, 0.25) is 0 Å². The molecule has 1 aromatic rings. The molecule has 0 saturated carbocycles. The molecule has 0 radical (unpaired) electrons. The van der Waals surface area contributed by atoms with Gasteiger partial charge in [-0.1, -0.05) is 32.9 Å². The van der Waals surface area contributed by atoms with Gasteiger partial charge in [0.25, 0.3) is 0 Å². The molecule has 1 aromatic carbocycles. The number of nitrogens with zero attached hydrogens (tertiary/aromatic N) is 1. The van der Waals surface area contributed by atoms with Crippen LogP contribution < -0.4 is 5.73 Å². The van der Waals surface area contributed by atoms with Crippen molar-refractivity contribution in [2.75, 3.05) is 25.9 Å². The van der Waals surface area contributed by atoms with E-state index in [2.05, 4.69) is 44.9 Å². The maximum absolute atomic E-state index is 5.71. The Hall–Kier alpha value is -1.02. The van der Waals surface area contributed by atoms with Gasteiger partial charge in [-0.3, -0.25) is 0 Å². The summed E-state index contributed by atoms with van der Waals surface area (Å²) in [6.45, 7) is 9.22. The first-order valence-corrected chi connectivity index (χ1v) is 7.03. The van der Waals surface area contributed by atoms with Crippen molar-refractivity contribution in [3.8, 4) is 0 Å². The third-order valence-corrected chi connectivity index (χ3v) is 3.54. The van der Waals surface area contributed by atoms with Gasteiger partial charge in [-0.2, -0.15) is 0 Å².